The summed E-state index contributed by atoms with van der Waals surface area (Å²) in [5.74, 6) is 0. The maximum absolute atomic E-state index is 9.03. The zero-order valence-corrected chi connectivity index (χ0v) is 17.2. The SMILES string of the molecule is CC(C)=C(C)C(C)(C)C.OCC(CO)(CO)COCC(CO)(CO)CO. The lowest BCUT2D eigenvalue weighted by atomic mass is 9.85. The molecule has 7 heteroatoms. The average molecular weight is 381 g/mol. The van der Waals surface area contributed by atoms with E-state index in [1.807, 2.05) is 0 Å². The van der Waals surface area contributed by atoms with Gasteiger partial charge in [-0.25, -0.2) is 0 Å². The number of hydrogen-bond donors (Lipinski definition) is 6. The van der Waals surface area contributed by atoms with Gasteiger partial charge in [-0.15, -0.1) is 0 Å². The molecule has 0 spiro atoms. The van der Waals surface area contributed by atoms with E-state index < -0.39 is 50.5 Å². The van der Waals surface area contributed by atoms with Gasteiger partial charge in [0.2, 0.25) is 0 Å². The van der Waals surface area contributed by atoms with Crippen molar-refractivity contribution in [1.29, 1.82) is 0 Å². The Kier molecular flexibility index (Phi) is 13.6. The number of ether oxygens (including phenoxy) is 1. The Morgan fingerprint density at radius 1 is 0.615 bits per heavy atom. The first-order valence-electron chi connectivity index (χ1n) is 8.80. The van der Waals surface area contributed by atoms with Crippen molar-refractivity contribution in [3.63, 3.8) is 0 Å². The molecule has 0 rings (SSSR count). The number of rotatable bonds is 10. The van der Waals surface area contributed by atoms with Crippen molar-refractivity contribution in [2.75, 3.05) is 52.9 Å². The highest BCUT2D eigenvalue weighted by atomic mass is 16.5. The van der Waals surface area contributed by atoms with Gasteiger partial charge in [0.1, 0.15) is 0 Å². The van der Waals surface area contributed by atoms with E-state index in [1.165, 1.54) is 11.1 Å². The second kappa shape index (κ2) is 12.8. The average Bonchev–Trinajstić information content (AvgIpc) is 2.62. The summed E-state index contributed by atoms with van der Waals surface area (Å²) in [6.45, 7) is 10.3. The van der Waals surface area contributed by atoms with E-state index in [-0.39, 0.29) is 13.2 Å². The molecule has 0 saturated heterocycles. The van der Waals surface area contributed by atoms with E-state index in [0.29, 0.717) is 5.41 Å². The third-order valence-electron chi connectivity index (χ3n) is 4.70. The summed E-state index contributed by atoms with van der Waals surface area (Å²) in [7, 11) is 0. The highest BCUT2D eigenvalue weighted by Crippen LogP contribution is 2.26. The van der Waals surface area contributed by atoms with Crippen LogP contribution in [0.3, 0.4) is 0 Å². The molecule has 0 amide bonds. The van der Waals surface area contributed by atoms with Gasteiger partial charge in [-0.3, -0.25) is 0 Å². The van der Waals surface area contributed by atoms with Crippen molar-refractivity contribution in [3.05, 3.63) is 11.1 Å². The first-order valence-corrected chi connectivity index (χ1v) is 8.80. The van der Waals surface area contributed by atoms with Crippen molar-refractivity contribution >= 4 is 0 Å². The molecular weight excluding hydrogens is 340 g/mol. The summed E-state index contributed by atoms with van der Waals surface area (Å²) in [4.78, 5) is 0. The number of aliphatic hydroxyl groups excluding tert-OH is 6. The molecule has 6 N–H and O–H groups in total. The fraction of sp³-hybridized carbons (Fsp3) is 0.895. The molecule has 0 fully saturated rings. The van der Waals surface area contributed by atoms with Gasteiger partial charge >= 0.3 is 0 Å². The van der Waals surface area contributed by atoms with Crippen LogP contribution in [0.4, 0.5) is 0 Å². The van der Waals surface area contributed by atoms with Crippen molar-refractivity contribution < 1.29 is 35.4 Å². The predicted molar refractivity (Wildman–Crippen MR) is 102 cm³/mol. The highest BCUT2D eigenvalue weighted by Gasteiger charge is 2.32. The Balaban J connectivity index is 0. The fourth-order valence-corrected chi connectivity index (χ4v) is 1.81. The molecule has 0 heterocycles. The third-order valence-corrected chi connectivity index (χ3v) is 4.70. The van der Waals surface area contributed by atoms with Gasteiger partial charge in [0.25, 0.3) is 0 Å². The zero-order valence-electron chi connectivity index (χ0n) is 17.2. The molecule has 0 aromatic heterocycles. The largest absolute Gasteiger partial charge is 0.396 e. The molecule has 158 valence electrons. The predicted octanol–water partition coefficient (Wildman–Crippen LogP) is 0.318. The Labute approximate surface area is 158 Å². The lowest BCUT2D eigenvalue weighted by Crippen LogP contribution is -2.43. The molecule has 26 heavy (non-hydrogen) atoms. The highest BCUT2D eigenvalue weighted by molar-refractivity contribution is 5.13. The molecule has 0 aliphatic carbocycles. The smallest absolute Gasteiger partial charge is 0.0629 e. The van der Waals surface area contributed by atoms with E-state index in [2.05, 4.69) is 41.5 Å². The van der Waals surface area contributed by atoms with Crippen molar-refractivity contribution in [2.45, 2.75) is 41.5 Å². The Morgan fingerprint density at radius 3 is 1.00 bits per heavy atom. The first-order chi connectivity index (χ1) is 11.9. The van der Waals surface area contributed by atoms with Gasteiger partial charge in [0, 0.05) is 0 Å². The van der Waals surface area contributed by atoms with Crippen molar-refractivity contribution in [2.24, 2.45) is 16.2 Å². The topological polar surface area (TPSA) is 131 Å². The molecule has 0 aromatic rings. The monoisotopic (exact) mass is 380 g/mol. The van der Waals surface area contributed by atoms with Gasteiger partial charge in [0.05, 0.1) is 63.7 Å². The van der Waals surface area contributed by atoms with Crippen LogP contribution in [-0.2, 0) is 4.74 Å². The van der Waals surface area contributed by atoms with Gasteiger partial charge in [-0.05, 0) is 26.2 Å². The molecule has 0 unspecified atom stereocenters. The molecule has 0 aliphatic rings. The van der Waals surface area contributed by atoms with Crippen LogP contribution in [0.15, 0.2) is 11.1 Å². The van der Waals surface area contributed by atoms with Crippen LogP contribution in [0.25, 0.3) is 0 Å². The molecule has 0 aromatic carbocycles. The van der Waals surface area contributed by atoms with Gasteiger partial charge < -0.3 is 35.4 Å². The molecular formula is C19H40O7. The minimum absolute atomic E-state index is 0.141. The normalized spacial score (nSPS) is 12.5. The summed E-state index contributed by atoms with van der Waals surface area (Å²) in [6, 6.07) is 0. The first kappa shape index (κ1) is 27.7. The molecule has 7 nitrogen and oxygen atoms in total. The van der Waals surface area contributed by atoms with E-state index in [4.69, 9.17) is 35.4 Å². The number of aliphatic hydroxyl groups is 6. The van der Waals surface area contributed by atoms with Crippen LogP contribution >= 0.6 is 0 Å². The molecule has 0 aliphatic heterocycles. The number of allylic oxidation sites excluding steroid dienone is 2. The summed E-state index contributed by atoms with van der Waals surface area (Å²) in [5.41, 5.74) is 0.988. The summed E-state index contributed by atoms with van der Waals surface area (Å²) < 4.78 is 5.15. The second-order valence-electron chi connectivity index (χ2n) is 8.32. The summed E-state index contributed by atoms with van der Waals surface area (Å²) in [6.07, 6.45) is 0. The quantitative estimate of drug-likeness (QED) is 0.301. The van der Waals surface area contributed by atoms with Crippen molar-refractivity contribution in [3.8, 4) is 0 Å². The van der Waals surface area contributed by atoms with E-state index in [0.717, 1.165) is 0 Å². The minimum atomic E-state index is -1.16. The standard InChI is InChI=1S/C10H22O7.C9H18/c11-1-9(2-12,3-13)7-17-8-10(4-14,5-15)6-16;1-7(2)8(3)9(4,5)6/h11-16H,1-8H2;1-6H3. The lowest BCUT2D eigenvalue weighted by Gasteiger charge is -2.31. The fourth-order valence-electron chi connectivity index (χ4n) is 1.81. The molecule has 0 atom stereocenters. The van der Waals surface area contributed by atoms with E-state index in [1.54, 1.807) is 0 Å². The summed E-state index contributed by atoms with van der Waals surface area (Å²) in [5, 5.41) is 54.2. The van der Waals surface area contributed by atoms with Crippen LogP contribution in [0.5, 0.6) is 0 Å². The van der Waals surface area contributed by atoms with Gasteiger partial charge in [-0.1, -0.05) is 31.9 Å². The van der Waals surface area contributed by atoms with Crippen molar-refractivity contribution in [1.82, 2.24) is 0 Å². The molecule has 0 radical (unpaired) electrons. The van der Waals surface area contributed by atoms with Crippen LogP contribution in [0, 0.1) is 16.2 Å². The maximum Gasteiger partial charge on any atom is 0.0629 e. The molecule has 0 bridgehead atoms. The minimum Gasteiger partial charge on any atom is -0.396 e. The van der Waals surface area contributed by atoms with E-state index >= 15 is 0 Å². The van der Waals surface area contributed by atoms with Gasteiger partial charge in [0.15, 0.2) is 0 Å². The van der Waals surface area contributed by atoms with Crippen LogP contribution in [0.1, 0.15) is 41.5 Å². The number of hydrogen-bond acceptors (Lipinski definition) is 7. The zero-order chi connectivity index (χ0) is 21.0. The third kappa shape index (κ3) is 9.41. The van der Waals surface area contributed by atoms with E-state index in [9.17, 15) is 0 Å². The Bertz CT molecular complexity index is 351. The Morgan fingerprint density at radius 2 is 0.885 bits per heavy atom. The van der Waals surface area contributed by atoms with Crippen LogP contribution in [-0.4, -0.2) is 83.5 Å². The second-order valence-corrected chi connectivity index (χ2v) is 8.32. The van der Waals surface area contributed by atoms with Crippen LogP contribution in [0.2, 0.25) is 0 Å². The lowest BCUT2D eigenvalue weighted by molar-refractivity contribution is -0.103. The van der Waals surface area contributed by atoms with Crippen LogP contribution < -0.4 is 0 Å². The molecule has 0 saturated carbocycles. The maximum atomic E-state index is 9.03. The summed E-state index contributed by atoms with van der Waals surface area (Å²) >= 11 is 0. The Hall–Kier alpha value is -0.540. The van der Waals surface area contributed by atoms with Gasteiger partial charge in [-0.2, -0.15) is 0 Å².